The van der Waals surface area contributed by atoms with Crippen LogP contribution in [0.2, 0.25) is 0 Å². The Balaban J connectivity index is 1.97. The largest absolute Gasteiger partial charge is 0.355 e. The highest BCUT2D eigenvalue weighted by atomic mass is 16.2. The highest BCUT2D eigenvalue weighted by molar-refractivity contribution is 6.22. The van der Waals surface area contributed by atoms with Gasteiger partial charge in [-0.2, -0.15) is 0 Å². The third-order valence-corrected chi connectivity index (χ3v) is 3.22. The van der Waals surface area contributed by atoms with E-state index in [1.165, 1.54) is 0 Å². The van der Waals surface area contributed by atoms with Crippen molar-refractivity contribution in [1.29, 1.82) is 0 Å². The number of hydrogen-bond acceptors (Lipinski definition) is 3. The Morgan fingerprint density at radius 2 is 1.70 bits per heavy atom. The Morgan fingerprint density at radius 1 is 1.15 bits per heavy atom. The number of carbonyl (C=O) groups is 3. The lowest BCUT2D eigenvalue weighted by Gasteiger charge is -2.14. The Hall–Kier alpha value is -2.17. The zero-order valence-electron chi connectivity index (χ0n) is 11.7. The molecule has 0 atom stereocenters. The van der Waals surface area contributed by atoms with E-state index in [2.05, 4.69) is 19.2 Å². The summed E-state index contributed by atoms with van der Waals surface area (Å²) in [6, 6.07) is 6.62. The minimum Gasteiger partial charge on any atom is -0.355 e. The number of nitrogens with zero attached hydrogens (tertiary/aromatic N) is 1. The van der Waals surface area contributed by atoms with Gasteiger partial charge in [0.25, 0.3) is 11.8 Å². The average molecular weight is 274 g/mol. The summed E-state index contributed by atoms with van der Waals surface area (Å²) in [6.07, 6.45) is 0.869. The molecule has 1 N–H and O–H groups in total. The van der Waals surface area contributed by atoms with Crippen LogP contribution in [-0.2, 0) is 4.79 Å². The molecule has 1 aliphatic rings. The van der Waals surface area contributed by atoms with Gasteiger partial charge in [-0.05, 0) is 24.5 Å². The van der Waals surface area contributed by atoms with Gasteiger partial charge in [-0.15, -0.1) is 0 Å². The van der Waals surface area contributed by atoms with Crippen LogP contribution in [0.4, 0.5) is 0 Å². The summed E-state index contributed by atoms with van der Waals surface area (Å²) >= 11 is 0. The zero-order chi connectivity index (χ0) is 14.7. The van der Waals surface area contributed by atoms with Crippen molar-refractivity contribution < 1.29 is 14.4 Å². The molecule has 20 heavy (non-hydrogen) atoms. The first kappa shape index (κ1) is 14.2. The third-order valence-electron chi connectivity index (χ3n) is 3.22. The van der Waals surface area contributed by atoms with E-state index in [0.717, 1.165) is 11.3 Å². The van der Waals surface area contributed by atoms with Crippen molar-refractivity contribution in [3.8, 4) is 0 Å². The van der Waals surface area contributed by atoms with Crippen molar-refractivity contribution in [3.05, 3.63) is 35.4 Å². The van der Waals surface area contributed by atoms with Crippen LogP contribution < -0.4 is 5.32 Å². The van der Waals surface area contributed by atoms with Crippen molar-refractivity contribution in [3.63, 3.8) is 0 Å². The minimum absolute atomic E-state index is 0.218. The molecule has 0 saturated heterocycles. The number of fused-ring (bicyclic) bond motifs is 1. The first-order chi connectivity index (χ1) is 9.50. The predicted octanol–water partition coefficient (Wildman–Crippen LogP) is 1.44. The van der Waals surface area contributed by atoms with E-state index in [1.54, 1.807) is 24.3 Å². The molecule has 1 aliphatic heterocycles. The molecule has 5 heteroatoms. The zero-order valence-corrected chi connectivity index (χ0v) is 11.7. The lowest BCUT2D eigenvalue weighted by atomic mass is 10.1. The van der Waals surface area contributed by atoms with Crippen molar-refractivity contribution in [2.45, 2.75) is 20.3 Å². The van der Waals surface area contributed by atoms with E-state index < -0.39 is 11.8 Å². The first-order valence-corrected chi connectivity index (χ1v) is 6.72. The molecule has 1 heterocycles. The molecular weight excluding hydrogens is 256 g/mol. The summed E-state index contributed by atoms with van der Waals surface area (Å²) in [5, 5.41) is 2.72. The third kappa shape index (κ3) is 2.87. The number of benzene rings is 1. The van der Waals surface area contributed by atoms with Gasteiger partial charge in [-0.25, -0.2) is 0 Å². The Kier molecular flexibility index (Phi) is 4.17. The maximum absolute atomic E-state index is 12.0. The summed E-state index contributed by atoms with van der Waals surface area (Å²) in [7, 11) is 0. The van der Waals surface area contributed by atoms with E-state index in [-0.39, 0.29) is 12.5 Å². The molecule has 0 aliphatic carbocycles. The van der Waals surface area contributed by atoms with Crippen LogP contribution in [0, 0.1) is 5.92 Å². The predicted molar refractivity (Wildman–Crippen MR) is 74.3 cm³/mol. The maximum Gasteiger partial charge on any atom is 0.262 e. The highest BCUT2D eigenvalue weighted by Gasteiger charge is 2.36. The number of amides is 3. The molecule has 0 bridgehead atoms. The molecule has 1 aromatic carbocycles. The van der Waals surface area contributed by atoms with E-state index >= 15 is 0 Å². The SMILES string of the molecule is CC(C)CCNC(=O)CN1C(=O)c2ccccc2C1=O. The summed E-state index contributed by atoms with van der Waals surface area (Å²) < 4.78 is 0. The monoisotopic (exact) mass is 274 g/mol. The van der Waals surface area contributed by atoms with Gasteiger partial charge in [0.05, 0.1) is 11.1 Å². The van der Waals surface area contributed by atoms with E-state index in [4.69, 9.17) is 0 Å². The Bertz CT molecular complexity index is 517. The fourth-order valence-corrected chi connectivity index (χ4v) is 2.08. The van der Waals surface area contributed by atoms with Crippen LogP contribution in [0.3, 0.4) is 0 Å². The molecular formula is C15H18N2O3. The van der Waals surface area contributed by atoms with E-state index in [9.17, 15) is 14.4 Å². The van der Waals surface area contributed by atoms with Gasteiger partial charge < -0.3 is 5.32 Å². The quantitative estimate of drug-likeness (QED) is 0.826. The molecule has 106 valence electrons. The van der Waals surface area contributed by atoms with Crippen molar-refractivity contribution in [1.82, 2.24) is 10.2 Å². The molecule has 0 unspecified atom stereocenters. The van der Waals surface area contributed by atoms with Gasteiger partial charge in [-0.1, -0.05) is 26.0 Å². The second kappa shape index (κ2) is 5.86. The van der Waals surface area contributed by atoms with Gasteiger partial charge >= 0.3 is 0 Å². The number of nitrogens with one attached hydrogen (secondary N) is 1. The molecule has 1 aromatic rings. The smallest absolute Gasteiger partial charge is 0.262 e. The van der Waals surface area contributed by atoms with E-state index in [0.29, 0.717) is 23.6 Å². The highest BCUT2D eigenvalue weighted by Crippen LogP contribution is 2.21. The Labute approximate surface area is 118 Å². The number of rotatable bonds is 5. The van der Waals surface area contributed by atoms with Gasteiger partial charge in [0.15, 0.2) is 0 Å². The van der Waals surface area contributed by atoms with E-state index in [1.807, 2.05) is 0 Å². The standard InChI is InChI=1S/C15H18N2O3/c1-10(2)7-8-16-13(18)9-17-14(19)11-5-3-4-6-12(11)15(17)20/h3-6,10H,7-9H2,1-2H3,(H,16,18). The average Bonchev–Trinajstić information content (AvgIpc) is 2.64. The van der Waals surface area contributed by atoms with Crippen LogP contribution in [0.1, 0.15) is 41.0 Å². The summed E-state index contributed by atoms with van der Waals surface area (Å²) in [4.78, 5) is 36.9. The van der Waals surface area contributed by atoms with Crippen LogP contribution in [-0.4, -0.2) is 35.7 Å². The molecule has 0 fully saturated rings. The summed E-state index contributed by atoms with van der Waals surface area (Å²) in [5.41, 5.74) is 0.736. The van der Waals surface area contributed by atoms with Crippen molar-refractivity contribution in [2.75, 3.05) is 13.1 Å². The number of imide groups is 1. The fourth-order valence-electron chi connectivity index (χ4n) is 2.08. The fraction of sp³-hybridized carbons (Fsp3) is 0.400. The van der Waals surface area contributed by atoms with Crippen LogP contribution in [0.25, 0.3) is 0 Å². The molecule has 0 saturated carbocycles. The first-order valence-electron chi connectivity index (χ1n) is 6.72. The van der Waals surface area contributed by atoms with Gasteiger partial charge in [0, 0.05) is 6.54 Å². The lowest BCUT2D eigenvalue weighted by molar-refractivity contribution is -0.121. The van der Waals surface area contributed by atoms with Crippen LogP contribution >= 0.6 is 0 Å². The molecule has 0 aromatic heterocycles. The minimum atomic E-state index is -0.399. The number of carbonyl (C=O) groups excluding carboxylic acids is 3. The second-order valence-electron chi connectivity index (χ2n) is 5.27. The van der Waals surface area contributed by atoms with Crippen LogP contribution in [0.5, 0.6) is 0 Å². The topological polar surface area (TPSA) is 66.5 Å². The van der Waals surface area contributed by atoms with Gasteiger partial charge in [-0.3, -0.25) is 19.3 Å². The summed E-state index contributed by atoms with van der Waals surface area (Å²) in [5.74, 6) is -0.607. The summed E-state index contributed by atoms with van der Waals surface area (Å²) in [6.45, 7) is 4.47. The normalized spacial score (nSPS) is 13.8. The van der Waals surface area contributed by atoms with Crippen molar-refractivity contribution >= 4 is 17.7 Å². The number of hydrogen-bond donors (Lipinski definition) is 1. The Morgan fingerprint density at radius 3 is 2.20 bits per heavy atom. The van der Waals surface area contributed by atoms with Gasteiger partial charge in [0.1, 0.15) is 6.54 Å². The van der Waals surface area contributed by atoms with Crippen LogP contribution in [0.15, 0.2) is 24.3 Å². The van der Waals surface area contributed by atoms with Gasteiger partial charge in [0.2, 0.25) is 5.91 Å². The van der Waals surface area contributed by atoms with Crippen molar-refractivity contribution in [2.24, 2.45) is 5.92 Å². The molecule has 2 rings (SSSR count). The molecule has 0 spiro atoms. The lowest BCUT2D eigenvalue weighted by Crippen LogP contribution is -2.40. The molecule has 3 amide bonds. The molecule has 0 radical (unpaired) electrons. The second-order valence-corrected chi connectivity index (χ2v) is 5.27. The maximum atomic E-state index is 12.0. The molecule has 5 nitrogen and oxygen atoms in total.